The average Bonchev–Trinajstić information content (AvgIpc) is 2.26. The smallest absolute Gasteiger partial charge is 0.252 e. The monoisotopic (exact) mass is 238 g/mol. The summed E-state index contributed by atoms with van der Waals surface area (Å²) in [5.41, 5.74) is 9.01. The van der Waals surface area contributed by atoms with Gasteiger partial charge in [0.05, 0.1) is 10.6 Å². The molecule has 0 saturated heterocycles. The third-order valence-corrected chi connectivity index (χ3v) is 2.21. The van der Waals surface area contributed by atoms with E-state index in [0.29, 0.717) is 17.8 Å². The van der Waals surface area contributed by atoms with Crippen molar-refractivity contribution in [3.63, 3.8) is 0 Å². The van der Waals surface area contributed by atoms with Crippen LogP contribution >= 0.6 is 11.6 Å². The molecule has 1 aromatic rings. The van der Waals surface area contributed by atoms with Gasteiger partial charge in [-0.25, -0.2) is 0 Å². The van der Waals surface area contributed by atoms with Gasteiger partial charge in [-0.3, -0.25) is 4.79 Å². The number of hydrogen-bond acceptors (Lipinski definition) is 2. The second kappa shape index (κ2) is 6.00. The highest BCUT2D eigenvalue weighted by Gasteiger charge is 2.09. The number of halogens is 1. The Morgan fingerprint density at radius 1 is 1.62 bits per heavy atom. The van der Waals surface area contributed by atoms with Gasteiger partial charge in [0.15, 0.2) is 0 Å². The van der Waals surface area contributed by atoms with Crippen molar-refractivity contribution >= 4 is 23.2 Å². The Hall–Kier alpha value is -1.71. The lowest BCUT2D eigenvalue weighted by molar-refractivity contribution is 0.0954. The van der Waals surface area contributed by atoms with Crippen molar-refractivity contribution in [2.75, 3.05) is 6.54 Å². The van der Waals surface area contributed by atoms with Gasteiger partial charge in [0.1, 0.15) is 0 Å². The van der Waals surface area contributed by atoms with Crippen LogP contribution in [0, 0.1) is 0 Å². The van der Waals surface area contributed by atoms with E-state index in [0.717, 1.165) is 6.42 Å². The third-order valence-electron chi connectivity index (χ3n) is 1.89. The first-order chi connectivity index (χ1) is 7.69. The Labute approximate surface area is 98.0 Å². The van der Waals surface area contributed by atoms with E-state index in [9.17, 15) is 4.79 Å². The van der Waals surface area contributed by atoms with E-state index in [1.54, 1.807) is 6.07 Å². The summed E-state index contributed by atoms with van der Waals surface area (Å²) in [4.78, 5) is 14.2. The minimum absolute atomic E-state index is 0.223. The fourth-order valence-electron chi connectivity index (χ4n) is 1.14. The van der Waals surface area contributed by atoms with E-state index in [2.05, 4.69) is 15.3 Å². The highest BCUT2D eigenvalue weighted by atomic mass is 35.5. The Morgan fingerprint density at radius 3 is 2.94 bits per heavy atom. The molecular formula is C10H11ClN4O. The van der Waals surface area contributed by atoms with Gasteiger partial charge in [0, 0.05) is 17.1 Å². The van der Waals surface area contributed by atoms with Crippen molar-refractivity contribution in [2.45, 2.75) is 13.3 Å². The van der Waals surface area contributed by atoms with Crippen molar-refractivity contribution < 1.29 is 4.79 Å². The maximum atomic E-state index is 11.6. The first kappa shape index (κ1) is 12.4. The lowest BCUT2D eigenvalue weighted by Gasteiger charge is -2.05. The molecule has 0 atom stereocenters. The van der Waals surface area contributed by atoms with Crippen molar-refractivity contribution in [1.29, 1.82) is 0 Å². The number of carbonyl (C=O) groups excluding carboxylic acids is 1. The van der Waals surface area contributed by atoms with Gasteiger partial charge in [-0.2, -0.15) is 0 Å². The zero-order chi connectivity index (χ0) is 12.0. The van der Waals surface area contributed by atoms with Gasteiger partial charge in [-0.1, -0.05) is 29.7 Å². The molecule has 0 spiro atoms. The number of carbonyl (C=O) groups is 1. The predicted octanol–water partition coefficient (Wildman–Crippen LogP) is 3.42. The Kier molecular flexibility index (Phi) is 4.64. The zero-order valence-electron chi connectivity index (χ0n) is 8.77. The van der Waals surface area contributed by atoms with Crippen molar-refractivity contribution in [2.24, 2.45) is 5.11 Å². The van der Waals surface area contributed by atoms with Crippen LogP contribution in [0.2, 0.25) is 5.02 Å². The molecule has 0 aliphatic heterocycles. The zero-order valence-corrected chi connectivity index (χ0v) is 9.53. The Balaban J connectivity index is 2.90. The van der Waals surface area contributed by atoms with E-state index in [1.807, 2.05) is 6.92 Å². The highest BCUT2D eigenvalue weighted by molar-refractivity contribution is 6.34. The van der Waals surface area contributed by atoms with Crippen LogP contribution in [-0.4, -0.2) is 12.5 Å². The molecule has 0 fully saturated rings. The molecule has 16 heavy (non-hydrogen) atoms. The molecule has 5 nitrogen and oxygen atoms in total. The first-order valence-corrected chi connectivity index (χ1v) is 5.19. The van der Waals surface area contributed by atoms with E-state index < -0.39 is 0 Å². The molecular weight excluding hydrogens is 228 g/mol. The van der Waals surface area contributed by atoms with Crippen LogP contribution in [0.4, 0.5) is 5.69 Å². The van der Waals surface area contributed by atoms with E-state index in [1.165, 1.54) is 12.1 Å². The summed E-state index contributed by atoms with van der Waals surface area (Å²) in [6.45, 7) is 2.57. The van der Waals surface area contributed by atoms with Crippen LogP contribution in [0.1, 0.15) is 23.7 Å². The third kappa shape index (κ3) is 3.15. The summed E-state index contributed by atoms with van der Waals surface area (Å²) < 4.78 is 0. The SMILES string of the molecule is CCCNC(=O)c1ccc(N=[N+]=[N-])cc1Cl. The molecule has 0 bridgehead atoms. The van der Waals surface area contributed by atoms with Gasteiger partial charge < -0.3 is 5.32 Å². The predicted molar refractivity (Wildman–Crippen MR) is 62.9 cm³/mol. The van der Waals surface area contributed by atoms with Crippen molar-refractivity contribution in [3.05, 3.63) is 39.2 Å². The quantitative estimate of drug-likeness (QED) is 0.487. The fraction of sp³-hybridized carbons (Fsp3) is 0.300. The van der Waals surface area contributed by atoms with Crippen molar-refractivity contribution in [1.82, 2.24) is 5.32 Å². The molecule has 1 N–H and O–H groups in total. The lowest BCUT2D eigenvalue weighted by Crippen LogP contribution is -2.24. The Bertz CT molecular complexity index is 440. The second-order valence-electron chi connectivity index (χ2n) is 3.11. The maximum absolute atomic E-state index is 11.6. The fourth-order valence-corrected chi connectivity index (χ4v) is 1.40. The molecule has 0 aromatic heterocycles. The van der Waals surface area contributed by atoms with Gasteiger partial charge >= 0.3 is 0 Å². The van der Waals surface area contributed by atoms with Gasteiger partial charge in [-0.05, 0) is 24.1 Å². The van der Waals surface area contributed by atoms with E-state index >= 15 is 0 Å². The molecule has 0 saturated carbocycles. The van der Waals surface area contributed by atoms with Gasteiger partial charge in [0.2, 0.25) is 0 Å². The van der Waals surface area contributed by atoms with E-state index in [-0.39, 0.29) is 10.9 Å². The largest absolute Gasteiger partial charge is 0.352 e. The number of amides is 1. The van der Waals surface area contributed by atoms with Crippen LogP contribution in [0.3, 0.4) is 0 Å². The average molecular weight is 239 g/mol. The summed E-state index contributed by atoms with van der Waals surface area (Å²) in [5, 5.41) is 6.38. The molecule has 6 heteroatoms. The molecule has 1 rings (SSSR count). The molecule has 0 heterocycles. The van der Waals surface area contributed by atoms with Crippen LogP contribution in [0.25, 0.3) is 10.4 Å². The molecule has 1 aromatic carbocycles. The number of azide groups is 1. The normalized spacial score (nSPS) is 9.38. The molecule has 0 aliphatic carbocycles. The van der Waals surface area contributed by atoms with Gasteiger partial charge in [0.25, 0.3) is 5.91 Å². The van der Waals surface area contributed by atoms with Gasteiger partial charge in [-0.15, -0.1) is 0 Å². The van der Waals surface area contributed by atoms with Crippen LogP contribution in [0.5, 0.6) is 0 Å². The summed E-state index contributed by atoms with van der Waals surface area (Å²) >= 11 is 5.89. The van der Waals surface area contributed by atoms with Crippen molar-refractivity contribution in [3.8, 4) is 0 Å². The number of benzene rings is 1. The number of rotatable bonds is 4. The van der Waals surface area contributed by atoms with Crippen LogP contribution in [-0.2, 0) is 0 Å². The Morgan fingerprint density at radius 2 is 2.38 bits per heavy atom. The minimum Gasteiger partial charge on any atom is -0.352 e. The molecule has 1 amide bonds. The second-order valence-corrected chi connectivity index (χ2v) is 3.52. The molecule has 0 aliphatic rings. The standard InChI is InChI=1S/C10H11ClN4O/c1-2-5-13-10(16)8-4-3-7(14-15-12)6-9(8)11/h3-4,6H,2,5H2,1H3,(H,13,16). The van der Waals surface area contributed by atoms with Crippen LogP contribution < -0.4 is 5.32 Å². The summed E-state index contributed by atoms with van der Waals surface area (Å²) in [6.07, 6.45) is 0.861. The van der Waals surface area contributed by atoms with E-state index in [4.69, 9.17) is 17.1 Å². The molecule has 84 valence electrons. The molecule has 0 radical (unpaired) electrons. The summed E-state index contributed by atoms with van der Waals surface area (Å²) in [7, 11) is 0. The summed E-state index contributed by atoms with van der Waals surface area (Å²) in [5.74, 6) is -0.223. The molecule has 0 unspecified atom stereocenters. The first-order valence-electron chi connectivity index (χ1n) is 4.82. The number of nitrogens with zero attached hydrogens (tertiary/aromatic N) is 3. The minimum atomic E-state index is -0.223. The number of hydrogen-bond donors (Lipinski definition) is 1. The summed E-state index contributed by atoms with van der Waals surface area (Å²) in [6, 6.07) is 4.55. The highest BCUT2D eigenvalue weighted by Crippen LogP contribution is 2.22. The lowest BCUT2D eigenvalue weighted by atomic mass is 10.2. The number of nitrogens with one attached hydrogen (secondary N) is 1. The van der Waals surface area contributed by atoms with Crippen LogP contribution in [0.15, 0.2) is 23.3 Å². The topological polar surface area (TPSA) is 77.9 Å². The maximum Gasteiger partial charge on any atom is 0.252 e.